The quantitative estimate of drug-likeness (QED) is 0.873. The van der Waals surface area contributed by atoms with Crippen molar-refractivity contribution in [1.82, 2.24) is 5.32 Å². The molecule has 0 bridgehead atoms. The fourth-order valence-electron chi connectivity index (χ4n) is 2.81. The van der Waals surface area contributed by atoms with E-state index in [9.17, 15) is 4.79 Å². The van der Waals surface area contributed by atoms with Crippen molar-refractivity contribution in [2.45, 2.75) is 39.0 Å². The zero-order valence-electron chi connectivity index (χ0n) is 13.0. The number of carbonyl (C=O) groups excluding carboxylic acids is 1. The smallest absolute Gasteiger partial charge is 0.251 e. The summed E-state index contributed by atoms with van der Waals surface area (Å²) in [5.41, 5.74) is 0.617. The fraction of sp³-hybridized carbons (Fsp3) is 0.588. The Morgan fingerprint density at radius 2 is 2.00 bits per heavy atom. The highest BCUT2D eigenvalue weighted by molar-refractivity contribution is 5.94. The highest BCUT2D eigenvalue weighted by Gasteiger charge is 2.16. The second-order valence-corrected chi connectivity index (χ2v) is 5.51. The lowest BCUT2D eigenvalue weighted by Gasteiger charge is -2.21. The molecule has 0 radical (unpaired) electrons. The Balaban J connectivity index is 1.95. The molecule has 116 valence electrons. The largest absolute Gasteiger partial charge is 0.493 e. The van der Waals surface area contributed by atoms with Crippen LogP contribution in [0.25, 0.3) is 0 Å². The Morgan fingerprint density at radius 3 is 2.67 bits per heavy atom. The van der Waals surface area contributed by atoms with E-state index in [1.807, 2.05) is 6.92 Å². The first-order valence-corrected chi connectivity index (χ1v) is 7.83. The summed E-state index contributed by atoms with van der Waals surface area (Å²) in [6.07, 6.45) is 6.37. The summed E-state index contributed by atoms with van der Waals surface area (Å²) in [5.74, 6) is 1.86. The molecule has 1 aromatic carbocycles. The highest BCUT2D eigenvalue weighted by Crippen LogP contribution is 2.28. The highest BCUT2D eigenvalue weighted by atomic mass is 16.5. The first-order chi connectivity index (χ1) is 10.2. The predicted molar refractivity (Wildman–Crippen MR) is 83.1 cm³/mol. The SMILES string of the molecule is CCOc1ccc(C(=O)NCC2CCCCC2)cc1OC. The molecular weight excluding hydrogens is 266 g/mol. The van der Waals surface area contributed by atoms with E-state index < -0.39 is 0 Å². The molecule has 1 aliphatic carbocycles. The second-order valence-electron chi connectivity index (χ2n) is 5.51. The molecule has 1 amide bonds. The van der Waals surface area contributed by atoms with E-state index in [0.717, 1.165) is 6.54 Å². The molecule has 0 unspecified atom stereocenters. The topological polar surface area (TPSA) is 47.6 Å². The van der Waals surface area contributed by atoms with Crippen molar-refractivity contribution in [2.24, 2.45) is 5.92 Å². The van der Waals surface area contributed by atoms with Crippen LogP contribution in [0.3, 0.4) is 0 Å². The summed E-state index contributed by atoms with van der Waals surface area (Å²) in [5, 5.41) is 3.04. The third-order valence-electron chi connectivity index (χ3n) is 4.00. The van der Waals surface area contributed by atoms with Gasteiger partial charge in [-0.25, -0.2) is 0 Å². The molecule has 1 N–H and O–H groups in total. The van der Waals surface area contributed by atoms with Crippen LogP contribution >= 0.6 is 0 Å². The van der Waals surface area contributed by atoms with Crippen LogP contribution in [0.5, 0.6) is 11.5 Å². The van der Waals surface area contributed by atoms with Crippen molar-refractivity contribution in [1.29, 1.82) is 0 Å². The minimum Gasteiger partial charge on any atom is -0.493 e. The summed E-state index contributed by atoms with van der Waals surface area (Å²) in [6.45, 7) is 3.27. The van der Waals surface area contributed by atoms with Crippen molar-refractivity contribution in [3.05, 3.63) is 23.8 Å². The Morgan fingerprint density at radius 1 is 1.24 bits per heavy atom. The fourth-order valence-corrected chi connectivity index (χ4v) is 2.81. The normalized spacial score (nSPS) is 15.5. The zero-order valence-corrected chi connectivity index (χ0v) is 13.0. The van der Waals surface area contributed by atoms with Crippen LogP contribution in [-0.4, -0.2) is 26.2 Å². The second kappa shape index (κ2) is 7.91. The van der Waals surface area contributed by atoms with Gasteiger partial charge in [0.15, 0.2) is 11.5 Å². The monoisotopic (exact) mass is 291 g/mol. The van der Waals surface area contributed by atoms with Gasteiger partial charge >= 0.3 is 0 Å². The Bertz CT molecular complexity index is 467. The summed E-state index contributed by atoms with van der Waals surface area (Å²) in [4.78, 5) is 12.2. The van der Waals surface area contributed by atoms with Crippen molar-refractivity contribution < 1.29 is 14.3 Å². The minimum absolute atomic E-state index is 0.0399. The average molecular weight is 291 g/mol. The zero-order chi connectivity index (χ0) is 15.1. The molecule has 0 spiro atoms. The van der Waals surface area contributed by atoms with E-state index in [1.165, 1.54) is 32.1 Å². The molecule has 4 heteroatoms. The number of carbonyl (C=O) groups is 1. The minimum atomic E-state index is -0.0399. The first-order valence-electron chi connectivity index (χ1n) is 7.83. The maximum absolute atomic E-state index is 12.2. The van der Waals surface area contributed by atoms with E-state index >= 15 is 0 Å². The third kappa shape index (κ3) is 4.38. The van der Waals surface area contributed by atoms with Gasteiger partial charge < -0.3 is 14.8 Å². The number of hydrogen-bond acceptors (Lipinski definition) is 3. The molecule has 1 aliphatic rings. The number of amides is 1. The summed E-state index contributed by atoms with van der Waals surface area (Å²) < 4.78 is 10.7. The van der Waals surface area contributed by atoms with Crippen LogP contribution in [0.15, 0.2) is 18.2 Å². The molecule has 2 rings (SSSR count). The molecule has 1 saturated carbocycles. The van der Waals surface area contributed by atoms with Gasteiger partial charge in [0.2, 0.25) is 0 Å². The van der Waals surface area contributed by atoms with Crippen LogP contribution in [-0.2, 0) is 0 Å². The Kier molecular flexibility index (Phi) is 5.90. The molecule has 0 aliphatic heterocycles. The molecule has 21 heavy (non-hydrogen) atoms. The van der Waals surface area contributed by atoms with Crippen LogP contribution in [0.1, 0.15) is 49.4 Å². The van der Waals surface area contributed by atoms with Crippen LogP contribution < -0.4 is 14.8 Å². The Labute approximate surface area is 126 Å². The first kappa shape index (κ1) is 15.7. The van der Waals surface area contributed by atoms with Gasteiger partial charge in [-0.15, -0.1) is 0 Å². The van der Waals surface area contributed by atoms with Gasteiger partial charge in [0.25, 0.3) is 5.91 Å². The van der Waals surface area contributed by atoms with E-state index in [4.69, 9.17) is 9.47 Å². The molecule has 1 aromatic rings. The third-order valence-corrected chi connectivity index (χ3v) is 4.00. The molecule has 1 fully saturated rings. The van der Waals surface area contributed by atoms with Crippen LogP contribution in [0.4, 0.5) is 0 Å². The lowest BCUT2D eigenvalue weighted by molar-refractivity contribution is 0.0943. The number of methoxy groups -OCH3 is 1. The maximum atomic E-state index is 12.2. The summed E-state index contributed by atoms with van der Waals surface area (Å²) in [7, 11) is 1.58. The average Bonchev–Trinajstić information content (AvgIpc) is 2.54. The number of rotatable bonds is 6. The predicted octanol–water partition coefficient (Wildman–Crippen LogP) is 3.40. The molecule has 0 saturated heterocycles. The molecule has 0 atom stereocenters. The van der Waals surface area contributed by atoms with Crippen molar-refractivity contribution in [2.75, 3.05) is 20.3 Å². The van der Waals surface area contributed by atoms with Gasteiger partial charge in [-0.1, -0.05) is 19.3 Å². The lowest BCUT2D eigenvalue weighted by atomic mass is 9.89. The van der Waals surface area contributed by atoms with Crippen LogP contribution in [0, 0.1) is 5.92 Å². The lowest BCUT2D eigenvalue weighted by Crippen LogP contribution is -2.30. The molecule has 4 nitrogen and oxygen atoms in total. The van der Waals surface area contributed by atoms with Gasteiger partial charge in [-0.2, -0.15) is 0 Å². The van der Waals surface area contributed by atoms with Gasteiger partial charge in [0.05, 0.1) is 13.7 Å². The molecule has 0 aromatic heterocycles. The van der Waals surface area contributed by atoms with Crippen molar-refractivity contribution in [3.8, 4) is 11.5 Å². The number of hydrogen-bond donors (Lipinski definition) is 1. The van der Waals surface area contributed by atoms with Crippen molar-refractivity contribution >= 4 is 5.91 Å². The molecular formula is C17H25NO3. The maximum Gasteiger partial charge on any atom is 0.251 e. The van der Waals surface area contributed by atoms with E-state index in [0.29, 0.717) is 29.6 Å². The van der Waals surface area contributed by atoms with Crippen LogP contribution in [0.2, 0.25) is 0 Å². The van der Waals surface area contributed by atoms with Gasteiger partial charge in [-0.05, 0) is 43.9 Å². The van der Waals surface area contributed by atoms with E-state index in [2.05, 4.69) is 5.32 Å². The number of benzene rings is 1. The summed E-state index contributed by atoms with van der Waals surface area (Å²) in [6, 6.07) is 5.31. The van der Waals surface area contributed by atoms with Gasteiger partial charge in [-0.3, -0.25) is 4.79 Å². The van der Waals surface area contributed by atoms with E-state index in [1.54, 1.807) is 25.3 Å². The van der Waals surface area contributed by atoms with E-state index in [-0.39, 0.29) is 5.91 Å². The molecule has 0 heterocycles. The number of nitrogens with one attached hydrogen (secondary N) is 1. The number of ether oxygens (including phenoxy) is 2. The Hall–Kier alpha value is -1.71. The van der Waals surface area contributed by atoms with Gasteiger partial charge in [0.1, 0.15) is 0 Å². The van der Waals surface area contributed by atoms with Gasteiger partial charge in [0, 0.05) is 12.1 Å². The standard InChI is InChI=1S/C17H25NO3/c1-3-21-15-10-9-14(11-16(15)20-2)17(19)18-12-13-7-5-4-6-8-13/h9-11,13H,3-8,12H2,1-2H3,(H,18,19). The summed E-state index contributed by atoms with van der Waals surface area (Å²) >= 11 is 0. The van der Waals surface area contributed by atoms with Crippen molar-refractivity contribution in [3.63, 3.8) is 0 Å².